The van der Waals surface area contributed by atoms with E-state index in [2.05, 4.69) is 31.5 Å². The van der Waals surface area contributed by atoms with Crippen LogP contribution in [-0.4, -0.2) is 28.0 Å². The van der Waals surface area contributed by atoms with Gasteiger partial charge in [0, 0.05) is 21.5 Å². The van der Waals surface area contributed by atoms with Crippen LogP contribution in [0, 0.1) is 0 Å². The van der Waals surface area contributed by atoms with Crippen molar-refractivity contribution in [3.05, 3.63) is 58.6 Å². The number of halogens is 1. The zero-order chi connectivity index (χ0) is 20.3. The summed E-state index contributed by atoms with van der Waals surface area (Å²) < 4.78 is 2.54. The third-order valence-electron chi connectivity index (χ3n) is 4.13. The Bertz CT molecular complexity index is 1060. The van der Waals surface area contributed by atoms with E-state index < -0.39 is 5.91 Å². The summed E-state index contributed by atoms with van der Waals surface area (Å²) in [7, 11) is 0. The van der Waals surface area contributed by atoms with Crippen LogP contribution in [0.3, 0.4) is 0 Å². The molecule has 0 aliphatic carbocycles. The van der Waals surface area contributed by atoms with E-state index in [0.717, 1.165) is 9.99 Å². The fourth-order valence-corrected chi connectivity index (χ4v) is 3.23. The van der Waals surface area contributed by atoms with Gasteiger partial charge >= 0.3 is 0 Å². The molecule has 7 nitrogen and oxygen atoms in total. The lowest BCUT2D eigenvalue weighted by Crippen LogP contribution is -2.28. The summed E-state index contributed by atoms with van der Waals surface area (Å²) in [4.78, 5) is 24.0. The average Bonchev–Trinajstić information content (AvgIpc) is 2.95. The molecule has 0 aliphatic rings. The lowest BCUT2D eigenvalue weighted by molar-refractivity contribution is -0.117. The van der Waals surface area contributed by atoms with Gasteiger partial charge in [0.1, 0.15) is 6.54 Å². The second kappa shape index (κ2) is 8.35. The number of hydrogen-bond acceptors (Lipinski definition) is 4. The smallest absolute Gasteiger partial charge is 0.283 e. The molecule has 1 heterocycles. The van der Waals surface area contributed by atoms with Crippen LogP contribution in [0.5, 0.6) is 5.88 Å². The summed E-state index contributed by atoms with van der Waals surface area (Å²) in [5, 5.41) is 21.4. The Morgan fingerprint density at radius 1 is 1.18 bits per heavy atom. The molecule has 0 atom stereocenters. The Labute approximate surface area is 170 Å². The van der Waals surface area contributed by atoms with Gasteiger partial charge in [-0.2, -0.15) is 0 Å². The number of nitrogens with one attached hydrogen (secondary N) is 1. The predicted molar refractivity (Wildman–Crippen MR) is 110 cm³/mol. The molecule has 0 aliphatic heterocycles. The zero-order valence-electron chi connectivity index (χ0n) is 15.4. The van der Waals surface area contributed by atoms with E-state index in [-0.39, 0.29) is 30.1 Å². The van der Waals surface area contributed by atoms with Crippen molar-refractivity contribution in [1.82, 2.24) is 9.88 Å². The highest BCUT2D eigenvalue weighted by atomic mass is 79.9. The van der Waals surface area contributed by atoms with Crippen molar-refractivity contribution in [2.24, 2.45) is 10.2 Å². The number of carbonyl (C=O) groups excluding carboxylic acids is 2. The molecule has 0 radical (unpaired) electrons. The minimum atomic E-state index is -0.621. The molecule has 2 aromatic carbocycles. The quantitative estimate of drug-likeness (QED) is 0.558. The van der Waals surface area contributed by atoms with Gasteiger partial charge in [-0.05, 0) is 44.2 Å². The van der Waals surface area contributed by atoms with Crippen molar-refractivity contribution in [2.75, 3.05) is 6.54 Å². The fourth-order valence-electron chi connectivity index (χ4n) is 2.87. The maximum absolute atomic E-state index is 12.0. The largest absolute Gasteiger partial charge is 0.493 e. The summed E-state index contributed by atoms with van der Waals surface area (Å²) >= 11 is 3.40. The van der Waals surface area contributed by atoms with E-state index in [4.69, 9.17) is 0 Å². The van der Waals surface area contributed by atoms with E-state index >= 15 is 0 Å². The lowest BCUT2D eigenvalue weighted by Gasteiger charge is -2.10. The molecule has 0 unspecified atom stereocenters. The van der Waals surface area contributed by atoms with Crippen LogP contribution in [0.25, 0.3) is 10.9 Å². The second-order valence-corrected chi connectivity index (χ2v) is 7.36. The van der Waals surface area contributed by atoms with E-state index in [0.29, 0.717) is 10.9 Å². The first-order valence-corrected chi connectivity index (χ1v) is 9.48. The van der Waals surface area contributed by atoms with Gasteiger partial charge in [-0.3, -0.25) is 9.59 Å². The number of benzene rings is 2. The van der Waals surface area contributed by atoms with Crippen molar-refractivity contribution in [3.8, 4) is 5.88 Å². The van der Waals surface area contributed by atoms with E-state index in [1.807, 2.05) is 32.0 Å². The Kier molecular flexibility index (Phi) is 5.89. The molecule has 28 heavy (non-hydrogen) atoms. The summed E-state index contributed by atoms with van der Waals surface area (Å²) in [5.41, 5.74) is 1.46. The number of carbonyl (C=O) groups is 2. The lowest BCUT2D eigenvalue weighted by atomic mass is 10.2. The summed E-state index contributed by atoms with van der Waals surface area (Å²) in [6.07, 6.45) is 0. The van der Waals surface area contributed by atoms with Crippen LogP contribution >= 0.6 is 15.9 Å². The highest BCUT2D eigenvalue weighted by molar-refractivity contribution is 9.10. The molecule has 2 amide bonds. The number of nitrogens with zero attached hydrogens (tertiary/aromatic N) is 3. The van der Waals surface area contributed by atoms with E-state index in [9.17, 15) is 14.7 Å². The highest BCUT2D eigenvalue weighted by Gasteiger charge is 2.19. The number of hydrogen-bond donors (Lipinski definition) is 2. The van der Waals surface area contributed by atoms with Gasteiger partial charge < -0.3 is 15.0 Å². The van der Waals surface area contributed by atoms with Crippen molar-refractivity contribution < 1.29 is 14.7 Å². The number of azo groups is 1. The average molecular weight is 443 g/mol. The first-order valence-electron chi connectivity index (χ1n) is 8.68. The summed E-state index contributed by atoms with van der Waals surface area (Å²) in [5.74, 6) is -1.05. The van der Waals surface area contributed by atoms with Crippen molar-refractivity contribution in [2.45, 2.75) is 19.9 Å². The summed E-state index contributed by atoms with van der Waals surface area (Å²) in [6, 6.07) is 14.1. The molecule has 0 bridgehead atoms. The molecule has 3 aromatic rings. The van der Waals surface area contributed by atoms with Gasteiger partial charge in [0.05, 0.1) is 5.52 Å². The minimum Gasteiger partial charge on any atom is -0.493 e. The maximum atomic E-state index is 12.0. The summed E-state index contributed by atoms with van der Waals surface area (Å²) in [6.45, 7) is 3.59. The van der Waals surface area contributed by atoms with E-state index in [1.165, 1.54) is 0 Å². The molecular formula is C20H19BrN4O3. The predicted octanol–water partition coefficient (Wildman–Crippen LogP) is 4.73. The van der Waals surface area contributed by atoms with Gasteiger partial charge in [0.15, 0.2) is 5.69 Å². The van der Waals surface area contributed by atoms with Gasteiger partial charge in [-0.15, -0.1) is 10.2 Å². The van der Waals surface area contributed by atoms with Crippen molar-refractivity contribution in [3.63, 3.8) is 0 Å². The molecule has 0 saturated carbocycles. The monoisotopic (exact) mass is 442 g/mol. The third-order valence-corrected chi connectivity index (χ3v) is 4.62. The number of fused-ring (bicyclic) bond motifs is 1. The second-order valence-electron chi connectivity index (χ2n) is 6.44. The maximum Gasteiger partial charge on any atom is 0.283 e. The minimum absolute atomic E-state index is 0.00603. The Morgan fingerprint density at radius 2 is 1.89 bits per heavy atom. The zero-order valence-corrected chi connectivity index (χ0v) is 17.0. The van der Waals surface area contributed by atoms with Crippen LogP contribution in [0.2, 0.25) is 0 Å². The molecule has 1 aromatic heterocycles. The van der Waals surface area contributed by atoms with Crippen LogP contribution in [0.1, 0.15) is 30.2 Å². The highest BCUT2D eigenvalue weighted by Crippen LogP contribution is 2.41. The number of aromatic nitrogens is 1. The third kappa shape index (κ3) is 4.12. The molecular weight excluding hydrogens is 424 g/mol. The van der Waals surface area contributed by atoms with Crippen LogP contribution in [-0.2, 0) is 4.79 Å². The standard InChI is InChI=1S/C20H19BrN4O3/c1-12(2)25-16-9-8-14(21)10-15(16)18(20(25)28)24-23-17(26)11-22-19(27)13-6-4-3-5-7-13/h3-10,12,28H,11H2,1-2H3,(H,22,27). The van der Waals surface area contributed by atoms with E-state index in [1.54, 1.807) is 34.9 Å². The molecule has 8 heteroatoms. The molecule has 0 saturated heterocycles. The Morgan fingerprint density at radius 3 is 2.57 bits per heavy atom. The first kappa shape index (κ1) is 19.8. The Balaban J connectivity index is 1.79. The number of aromatic hydroxyl groups is 1. The van der Waals surface area contributed by atoms with Crippen LogP contribution < -0.4 is 5.32 Å². The normalized spacial score (nSPS) is 11.4. The van der Waals surface area contributed by atoms with Gasteiger partial charge in [0.2, 0.25) is 5.88 Å². The first-order chi connectivity index (χ1) is 13.4. The fraction of sp³-hybridized carbons (Fsp3) is 0.200. The molecule has 2 N–H and O–H groups in total. The topological polar surface area (TPSA) is 96.0 Å². The van der Waals surface area contributed by atoms with Gasteiger partial charge in [0.25, 0.3) is 11.8 Å². The van der Waals surface area contributed by atoms with Gasteiger partial charge in [-0.1, -0.05) is 34.1 Å². The van der Waals surface area contributed by atoms with Crippen LogP contribution in [0.15, 0.2) is 63.2 Å². The van der Waals surface area contributed by atoms with Crippen molar-refractivity contribution >= 4 is 44.3 Å². The molecule has 3 rings (SSSR count). The SMILES string of the molecule is CC(C)n1c(O)c(N=NC(=O)CNC(=O)c2ccccc2)c2cc(Br)ccc21. The number of rotatable bonds is 5. The molecule has 144 valence electrons. The van der Waals surface area contributed by atoms with Crippen molar-refractivity contribution in [1.29, 1.82) is 0 Å². The molecule has 0 fully saturated rings. The molecule has 0 spiro atoms. The van der Waals surface area contributed by atoms with Crippen LogP contribution in [0.4, 0.5) is 5.69 Å². The number of amides is 2. The van der Waals surface area contributed by atoms with Gasteiger partial charge in [-0.25, -0.2) is 0 Å². The Hall–Kier alpha value is -3.00.